The summed E-state index contributed by atoms with van der Waals surface area (Å²) in [6, 6.07) is 33.9. The topological polar surface area (TPSA) is 134 Å². The molecule has 2 atom stereocenters. The van der Waals surface area contributed by atoms with Crippen LogP contribution in [0.5, 0.6) is 17.2 Å². The van der Waals surface area contributed by atoms with Crippen molar-refractivity contribution < 1.29 is 37.8 Å². The number of ether oxygens (including phenoxy) is 6. The van der Waals surface area contributed by atoms with Crippen molar-refractivity contribution in [1.29, 1.82) is 5.26 Å². The highest BCUT2D eigenvalue weighted by molar-refractivity contribution is 7.43. The predicted octanol–water partition coefficient (Wildman–Crippen LogP) is 19.7. The number of benzene rings is 3. The molecule has 1 N–H and O–H groups in total. The van der Waals surface area contributed by atoms with E-state index in [4.69, 9.17) is 37.9 Å². The number of aromatic nitrogens is 1. The highest BCUT2D eigenvalue weighted by atomic mass is 31.2. The molecule has 0 amide bonds. The summed E-state index contributed by atoms with van der Waals surface area (Å²) in [5, 5.41) is 10.2. The predicted molar refractivity (Wildman–Crippen MR) is 403 cm³/mol. The van der Waals surface area contributed by atoms with Gasteiger partial charge in [0.05, 0.1) is 77.2 Å². The zero-order valence-electron chi connectivity index (χ0n) is 62.4. The van der Waals surface area contributed by atoms with E-state index in [1.807, 2.05) is 35.0 Å². The Morgan fingerprint density at radius 3 is 1.28 bits per heavy atom. The zero-order valence-corrected chi connectivity index (χ0v) is 63.2. The molecule has 1 aromatic heterocycles. The van der Waals surface area contributed by atoms with Crippen LogP contribution < -0.4 is 14.2 Å². The van der Waals surface area contributed by atoms with E-state index in [0.717, 1.165) is 110 Å². The number of methoxy groups -OCH3 is 2. The lowest BCUT2D eigenvalue weighted by molar-refractivity contribution is -0.00250. The molecule has 0 aliphatic carbocycles. The largest absolute Gasteiger partial charge is 0.497 e. The molecular formula is C82H135N6O8P. The summed E-state index contributed by atoms with van der Waals surface area (Å²) in [6.45, 7) is 23.5. The molecule has 14 nitrogen and oxygen atoms in total. The fraction of sp³-hybridized carbons (Fsp3) is 0.707. The Bertz CT molecular complexity index is 2450. The van der Waals surface area contributed by atoms with Crippen LogP contribution in [0, 0.1) is 17.2 Å². The number of rotatable bonds is 50. The van der Waals surface area contributed by atoms with E-state index in [1.54, 1.807) is 14.2 Å². The Balaban J connectivity index is 1.34. The first-order chi connectivity index (χ1) is 47.5. The van der Waals surface area contributed by atoms with E-state index in [2.05, 4.69) is 123 Å². The van der Waals surface area contributed by atoms with Crippen molar-refractivity contribution in [2.75, 3.05) is 106 Å². The summed E-state index contributed by atoms with van der Waals surface area (Å²) < 4.78 is 46.5. The summed E-state index contributed by atoms with van der Waals surface area (Å²) in [5.41, 5.74) is 4.01. The molecule has 97 heavy (non-hydrogen) atoms. The second kappa shape index (κ2) is 52.7. The van der Waals surface area contributed by atoms with Crippen molar-refractivity contribution in [3.05, 3.63) is 119 Å². The molecule has 2 bridgehead atoms. The summed E-state index contributed by atoms with van der Waals surface area (Å²) in [4.78, 5) is 24.0. The van der Waals surface area contributed by atoms with Crippen LogP contribution in [0.4, 0.5) is 0 Å². The third kappa shape index (κ3) is 34.3. The number of hydrogen-bond acceptors (Lipinski definition) is 14. The maximum Gasteiger partial charge on any atom is 0.256 e. The van der Waals surface area contributed by atoms with Crippen molar-refractivity contribution in [1.82, 2.24) is 24.4 Å². The van der Waals surface area contributed by atoms with Gasteiger partial charge in [-0.15, -0.1) is 0 Å². The van der Waals surface area contributed by atoms with Gasteiger partial charge >= 0.3 is 0 Å². The molecule has 0 radical (unpaired) electrons. The van der Waals surface area contributed by atoms with Crippen LogP contribution in [0.3, 0.4) is 0 Å². The van der Waals surface area contributed by atoms with Gasteiger partial charge < -0.3 is 37.8 Å². The summed E-state index contributed by atoms with van der Waals surface area (Å²) in [5.74, 6) is 2.06. The first-order valence-electron chi connectivity index (χ1n) is 38.8. The maximum absolute atomic E-state index is 11.0. The third-order valence-corrected chi connectivity index (χ3v) is 20.9. The molecule has 0 saturated carbocycles. The minimum atomic E-state index is -1.77. The number of nitriles is 1. The van der Waals surface area contributed by atoms with Gasteiger partial charge in [-0.05, 0) is 114 Å². The molecular weight excluding hydrogens is 1230 g/mol. The lowest BCUT2D eigenvalue weighted by Gasteiger charge is -2.36. The standard InChI is InChI=1S/C82H135N6O8P/c1-9-11-13-15-17-19-21-23-25-27-29-31-33-38-52-86-57-61-92-59-55-85(54-40-41-73(67-83)70-96-97(89)88(71(3)4)72(5)6)56-60-93-62-58-87(53-39-34-32-30-28-26-24-22-20-18-16-14-12-10-2)69-78-66-81(65-77(68-86)84-78)94-63-64-95-82(74-42-36-35-37-43-74,75-44-48-79(90-7)49-45-75)76-46-50-80(91-8)51-47-76/h35-37,42-51,65-66,71-73,89H,9-34,38-41,52-64,68-70H2,1-8H3. The fourth-order valence-electron chi connectivity index (χ4n) is 13.6. The molecule has 3 aromatic carbocycles. The number of hydrogen-bond donors (Lipinski definition) is 1. The van der Waals surface area contributed by atoms with Crippen LogP contribution in [0.15, 0.2) is 91.0 Å². The Morgan fingerprint density at radius 2 is 0.887 bits per heavy atom. The molecule has 15 heteroatoms. The second-order valence-corrected chi connectivity index (χ2v) is 29.1. The molecule has 0 fully saturated rings. The lowest BCUT2D eigenvalue weighted by Crippen LogP contribution is -2.35. The van der Waals surface area contributed by atoms with Gasteiger partial charge in [-0.3, -0.25) is 19.7 Å². The Labute approximate surface area is 592 Å². The zero-order chi connectivity index (χ0) is 69.2. The van der Waals surface area contributed by atoms with Crippen molar-refractivity contribution in [3.8, 4) is 23.3 Å². The van der Waals surface area contributed by atoms with Gasteiger partial charge in [0.1, 0.15) is 29.5 Å². The van der Waals surface area contributed by atoms with E-state index in [0.29, 0.717) is 59.2 Å². The van der Waals surface area contributed by atoms with Crippen molar-refractivity contribution >= 4 is 8.53 Å². The van der Waals surface area contributed by atoms with E-state index in [9.17, 15) is 10.2 Å². The fourth-order valence-corrected chi connectivity index (χ4v) is 14.9. The smallest absolute Gasteiger partial charge is 0.256 e. The van der Waals surface area contributed by atoms with Gasteiger partial charge in [0, 0.05) is 63.5 Å². The minimum absolute atomic E-state index is 0.142. The molecule has 0 saturated heterocycles. The van der Waals surface area contributed by atoms with Gasteiger partial charge in [0.2, 0.25) is 0 Å². The highest BCUT2D eigenvalue weighted by Gasteiger charge is 2.38. The molecule has 4 aromatic rings. The van der Waals surface area contributed by atoms with Crippen LogP contribution in [0.25, 0.3) is 0 Å². The van der Waals surface area contributed by atoms with Gasteiger partial charge in [0.15, 0.2) is 0 Å². The van der Waals surface area contributed by atoms with Crippen molar-refractivity contribution in [2.24, 2.45) is 5.92 Å². The summed E-state index contributed by atoms with van der Waals surface area (Å²) >= 11 is 0. The first kappa shape index (κ1) is 83.4. The third-order valence-electron chi connectivity index (χ3n) is 19.2. The van der Waals surface area contributed by atoms with Crippen LogP contribution in [-0.4, -0.2) is 148 Å². The number of unbranched alkanes of at least 4 members (excludes halogenated alkanes) is 26. The Kier molecular flexibility index (Phi) is 45.3. The Morgan fingerprint density at radius 1 is 0.505 bits per heavy atom. The van der Waals surface area contributed by atoms with Crippen LogP contribution in [-0.2, 0) is 37.4 Å². The lowest BCUT2D eigenvalue weighted by atomic mass is 9.80. The molecule has 0 spiro atoms. The van der Waals surface area contributed by atoms with Gasteiger partial charge in [-0.2, -0.15) is 5.26 Å². The molecule has 546 valence electrons. The van der Waals surface area contributed by atoms with Gasteiger partial charge in [0.25, 0.3) is 8.53 Å². The summed E-state index contributed by atoms with van der Waals surface area (Å²) in [6.07, 6.45) is 38.9. The summed E-state index contributed by atoms with van der Waals surface area (Å²) in [7, 11) is 1.62. The van der Waals surface area contributed by atoms with Crippen molar-refractivity contribution in [2.45, 2.75) is 265 Å². The first-order valence-corrected chi connectivity index (χ1v) is 39.9. The van der Waals surface area contributed by atoms with E-state index >= 15 is 0 Å². The average molecular weight is 1360 g/mol. The Hall–Kier alpha value is -4.23. The molecule has 2 heterocycles. The van der Waals surface area contributed by atoms with Crippen LogP contribution in [0.2, 0.25) is 0 Å². The van der Waals surface area contributed by atoms with E-state index in [1.165, 1.54) is 167 Å². The quantitative estimate of drug-likeness (QED) is 0.0255. The molecule has 5 rings (SSSR count). The monoisotopic (exact) mass is 1360 g/mol. The van der Waals surface area contributed by atoms with Crippen molar-refractivity contribution in [3.63, 3.8) is 0 Å². The normalized spacial score (nSPS) is 15.2. The SMILES string of the molecule is CCCCCCCCCCCCCCCCN1CCOCCN(CCCC(C#N)COP(O)N(C(C)C)C(C)C)CCOCCN(CCCCCCCCCCCCCCCC)Cc2cc(OCCOC(c3ccccc3)(c3ccc(OC)cc3)c3ccc(OC)cc3)cc(n2)C1. The highest BCUT2D eigenvalue weighted by Crippen LogP contribution is 2.43. The number of fused-ring (bicyclic) bond motifs is 2. The minimum Gasteiger partial charge on any atom is -0.497 e. The molecule has 1 aliphatic rings. The molecule has 2 unspecified atom stereocenters. The van der Waals surface area contributed by atoms with Crippen LogP contribution >= 0.6 is 8.53 Å². The average Bonchev–Trinajstić information content (AvgIpc) is 0.757. The van der Waals surface area contributed by atoms with Gasteiger partial charge in [-0.25, -0.2) is 4.67 Å². The second-order valence-electron chi connectivity index (χ2n) is 27.9. The maximum atomic E-state index is 11.0. The van der Waals surface area contributed by atoms with Gasteiger partial charge in [-0.1, -0.05) is 235 Å². The number of nitrogens with zero attached hydrogens (tertiary/aromatic N) is 6. The van der Waals surface area contributed by atoms with E-state index in [-0.39, 0.29) is 24.6 Å². The van der Waals surface area contributed by atoms with E-state index < -0.39 is 14.1 Å². The number of pyridine rings is 1. The van der Waals surface area contributed by atoms with Crippen LogP contribution in [0.1, 0.15) is 262 Å². The molecule has 1 aliphatic heterocycles.